The zero-order valence-corrected chi connectivity index (χ0v) is 14.6. The number of hydrogen-bond donors (Lipinski definition) is 0. The lowest BCUT2D eigenvalue weighted by atomic mass is 10.1. The molecule has 2 aromatic rings. The first-order chi connectivity index (χ1) is 11.6. The lowest BCUT2D eigenvalue weighted by molar-refractivity contribution is 0.0860. The summed E-state index contributed by atoms with van der Waals surface area (Å²) in [6.07, 6.45) is 0. The van der Waals surface area contributed by atoms with E-state index in [0.717, 1.165) is 11.1 Å². The van der Waals surface area contributed by atoms with Crippen molar-refractivity contribution in [3.8, 4) is 0 Å². The highest BCUT2D eigenvalue weighted by Crippen LogP contribution is 2.23. The average molecular weight is 342 g/mol. The van der Waals surface area contributed by atoms with Crippen molar-refractivity contribution in [2.75, 3.05) is 13.1 Å². The fraction of sp³-hybridized carbons (Fsp3) is 0.263. The average Bonchev–Trinajstić information content (AvgIpc) is 3.04. The molecule has 1 aliphatic rings. The molecule has 0 N–H and O–H groups in total. The number of carbonyl (C=O) groups is 1. The van der Waals surface area contributed by atoms with Crippen molar-refractivity contribution in [3.05, 3.63) is 70.5 Å². The first-order valence-corrected chi connectivity index (χ1v) is 8.84. The molecule has 0 radical (unpaired) electrons. The molecular formula is C19H19FN2OS. The van der Waals surface area contributed by atoms with E-state index in [0.29, 0.717) is 35.1 Å². The van der Waals surface area contributed by atoms with E-state index in [1.807, 2.05) is 38.1 Å². The molecule has 0 bridgehead atoms. The third kappa shape index (κ3) is 3.51. The highest BCUT2D eigenvalue weighted by molar-refractivity contribution is 8.13. The Morgan fingerprint density at radius 2 is 2.00 bits per heavy atom. The van der Waals surface area contributed by atoms with E-state index in [9.17, 15) is 9.18 Å². The van der Waals surface area contributed by atoms with Gasteiger partial charge < -0.3 is 0 Å². The Kier molecular flexibility index (Phi) is 5.00. The van der Waals surface area contributed by atoms with E-state index in [2.05, 4.69) is 4.99 Å². The largest absolute Gasteiger partial charge is 0.286 e. The summed E-state index contributed by atoms with van der Waals surface area (Å²) in [4.78, 5) is 18.9. The molecule has 0 unspecified atom stereocenters. The maximum Gasteiger partial charge on any atom is 0.259 e. The SMILES string of the molecule is Cc1ccc(C(=O)N2CCN=C2SCc2ccccc2F)cc1C. The molecule has 0 saturated heterocycles. The van der Waals surface area contributed by atoms with E-state index in [4.69, 9.17) is 0 Å². The lowest BCUT2D eigenvalue weighted by Crippen LogP contribution is -2.32. The van der Waals surface area contributed by atoms with Gasteiger partial charge in [0.05, 0.1) is 6.54 Å². The van der Waals surface area contributed by atoms with Crippen molar-refractivity contribution >= 4 is 22.8 Å². The van der Waals surface area contributed by atoms with E-state index in [1.54, 1.807) is 17.0 Å². The van der Waals surface area contributed by atoms with Gasteiger partial charge in [0.15, 0.2) is 5.17 Å². The molecule has 0 aliphatic carbocycles. The van der Waals surface area contributed by atoms with Crippen LogP contribution in [0.15, 0.2) is 47.5 Å². The number of benzene rings is 2. The predicted octanol–water partition coefficient (Wildman–Crippen LogP) is 4.19. The quantitative estimate of drug-likeness (QED) is 0.838. The van der Waals surface area contributed by atoms with Gasteiger partial charge in [-0.2, -0.15) is 0 Å². The Bertz CT molecular complexity index is 804. The van der Waals surface area contributed by atoms with Crippen LogP contribution in [-0.4, -0.2) is 29.1 Å². The Morgan fingerprint density at radius 3 is 2.75 bits per heavy atom. The predicted molar refractivity (Wildman–Crippen MR) is 96.9 cm³/mol. The van der Waals surface area contributed by atoms with Crippen molar-refractivity contribution < 1.29 is 9.18 Å². The zero-order chi connectivity index (χ0) is 17.1. The third-order valence-corrected chi connectivity index (χ3v) is 5.18. The first kappa shape index (κ1) is 16.7. The van der Waals surface area contributed by atoms with Crippen LogP contribution in [-0.2, 0) is 5.75 Å². The number of hydrogen-bond acceptors (Lipinski definition) is 3. The second-order valence-electron chi connectivity index (χ2n) is 5.80. The monoisotopic (exact) mass is 342 g/mol. The molecule has 124 valence electrons. The van der Waals surface area contributed by atoms with Gasteiger partial charge in [-0.1, -0.05) is 36.0 Å². The van der Waals surface area contributed by atoms with E-state index < -0.39 is 0 Å². The number of carbonyl (C=O) groups excluding carboxylic acids is 1. The van der Waals surface area contributed by atoms with Crippen molar-refractivity contribution in [2.24, 2.45) is 4.99 Å². The summed E-state index contributed by atoms with van der Waals surface area (Å²) >= 11 is 1.40. The fourth-order valence-electron chi connectivity index (χ4n) is 2.53. The van der Waals surface area contributed by atoms with Gasteiger partial charge >= 0.3 is 0 Å². The lowest BCUT2D eigenvalue weighted by Gasteiger charge is -2.18. The van der Waals surface area contributed by atoms with Gasteiger partial charge in [0.2, 0.25) is 0 Å². The molecular weight excluding hydrogens is 323 g/mol. The molecule has 24 heavy (non-hydrogen) atoms. The number of aliphatic imine (C=N–C) groups is 1. The molecule has 0 fully saturated rings. The van der Waals surface area contributed by atoms with Crippen LogP contribution in [0.3, 0.4) is 0 Å². The summed E-state index contributed by atoms with van der Waals surface area (Å²) in [5.74, 6) is 0.188. The van der Waals surface area contributed by atoms with E-state index >= 15 is 0 Å². The van der Waals surface area contributed by atoms with Crippen LogP contribution in [0, 0.1) is 19.7 Å². The van der Waals surface area contributed by atoms with Gasteiger partial charge in [-0.05, 0) is 48.7 Å². The molecule has 1 heterocycles. The molecule has 0 saturated carbocycles. The number of halogens is 1. The van der Waals surface area contributed by atoms with Crippen molar-refractivity contribution in [1.82, 2.24) is 4.90 Å². The molecule has 5 heteroatoms. The van der Waals surface area contributed by atoms with Crippen LogP contribution in [0.1, 0.15) is 27.0 Å². The van der Waals surface area contributed by atoms with Gasteiger partial charge in [0, 0.05) is 17.9 Å². The Labute approximate surface area is 145 Å². The van der Waals surface area contributed by atoms with Crippen molar-refractivity contribution in [2.45, 2.75) is 19.6 Å². The second kappa shape index (κ2) is 7.18. The summed E-state index contributed by atoms with van der Waals surface area (Å²) in [7, 11) is 0. The Morgan fingerprint density at radius 1 is 1.21 bits per heavy atom. The first-order valence-electron chi connectivity index (χ1n) is 7.86. The van der Waals surface area contributed by atoms with Crippen LogP contribution in [0.4, 0.5) is 4.39 Å². The molecule has 0 atom stereocenters. The molecule has 0 spiro atoms. The smallest absolute Gasteiger partial charge is 0.259 e. The van der Waals surface area contributed by atoms with Crippen molar-refractivity contribution in [3.63, 3.8) is 0 Å². The van der Waals surface area contributed by atoms with Gasteiger partial charge in [-0.3, -0.25) is 14.7 Å². The minimum Gasteiger partial charge on any atom is -0.286 e. The second-order valence-corrected chi connectivity index (χ2v) is 6.74. The van der Waals surface area contributed by atoms with Gasteiger partial charge in [0.25, 0.3) is 5.91 Å². The number of nitrogens with zero attached hydrogens (tertiary/aromatic N) is 2. The molecule has 1 amide bonds. The highest BCUT2D eigenvalue weighted by atomic mass is 32.2. The van der Waals surface area contributed by atoms with Crippen LogP contribution in [0.2, 0.25) is 0 Å². The van der Waals surface area contributed by atoms with E-state index in [-0.39, 0.29) is 11.7 Å². The number of aryl methyl sites for hydroxylation is 2. The minimum atomic E-state index is -0.226. The summed E-state index contributed by atoms with van der Waals surface area (Å²) in [6, 6.07) is 12.4. The fourth-order valence-corrected chi connectivity index (χ4v) is 3.56. The standard InChI is InChI=1S/C19H19FN2OS/c1-13-7-8-15(11-14(13)2)18(23)22-10-9-21-19(22)24-12-16-5-3-4-6-17(16)20/h3-8,11H,9-10,12H2,1-2H3. The number of amidine groups is 1. The molecule has 2 aromatic carbocycles. The Hall–Kier alpha value is -2.14. The number of amides is 1. The van der Waals surface area contributed by atoms with Gasteiger partial charge in [-0.25, -0.2) is 4.39 Å². The highest BCUT2D eigenvalue weighted by Gasteiger charge is 2.25. The zero-order valence-electron chi connectivity index (χ0n) is 13.8. The molecule has 0 aromatic heterocycles. The van der Waals surface area contributed by atoms with Crippen LogP contribution in [0.25, 0.3) is 0 Å². The van der Waals surface area contributed by atoms with E-state index in [1.165, 1.54) is 17.8 Å². The summed E-state index contributed by atoms with van der Waals surface area (Å²) in [5.41, 5.74) is 3.54. The summed E-state index contributed by atoms with van der Waals surface area (Å²) < 4.78 is 13.7. The summed E-state index contributed by atoms with van der Waals surface area (Å²) in [5, 5.41) is 0.668. The Balaban J connectivity index is 1.72. The third-order valence-electron chi connectivity index (χ3n) is 4.12. The normalized spacial score (nSPS) is 14.0. The van der Waals surface area contributed by atoms with Gasteiger partial charge in [-0.15, -0.1) is 0 Å². The minimum absolute atomic E-state index is 0.0459. The molecule has 3 nitrogen and oxygen atoms in total. The van der Waals surface area contributed by atoms with Crippen LogP contribution in [0.5, 0.6) is 0 Å². The van der Waals surface area contributed by atoms with Crippen LogP contribution < -0.4 is 0 Å². The maximum atomic E-state index is 13.7. The van der Waals surface area contributed by atoms with Crippen molar-refractivity contribution in [1.29, 1.82) is 0 Å². The summed E-state index contributed by atoms with van der Waals surface area (Å²) in [6.45, 7) is 5.19. The topological polar surface area (TPSA) is 32.7 Å². The van der Waals surface area contributed by atoms with Crippen LogP contribution >= 0.6 is 11.8 Å². The number of rotatable bonds is 3. The van der Waals surface area contributed by atoms with Gasteiger partial charge in [0.1, 0.15) is 5.82 Å². The number of thioether (sulfide) groups is 1. The molecule has 1 aliphatic heterocycles. The molecule has 3 rings (SSSR count). The maximum absolute atomic E-state index is 13.7.